The molecule has 4 rings (SSSR count). The Kier molecular flexibility index (Phi) is 7.45. The van der Waals surface area contributed by atoms with E-state index in [1.54, 1.807) is 20.3 Å². The maximum Gasteiger partial charge on any atom is 0.244 e. The first kappa shape index (κ1) is 24.4. The summed E-state index contributed by atoms with van der Waals surface area (Å²) in [6, 6.07) is 16.7. The maximum absolute atomic E-state index is 13.5. The average molecular weight is 497 g/mol. The molecule has 0 bridgehead atoms. The van der Waals surface area contributed by atoms with Crippen molar-refractivity contribution in [1.29, 1.82) is 0 Å². The lowest BCUT2D eigenvalue weighted by molar-refractivity contribution is -0.121. The van der Waals surface area contributed by atoms with E-state index in [1.807, 2.05) is 36.4 Å². The zero-order valence-corrected chi connectivity index (χ0v) is 20.4. The number of para-hydroxylation sites is 1. The van der Waals surface area contributed by atoms with Crippen molar-refractivity contribution in [3.63, 3.8) is 0 Å². The molecule has 0 aromatic heterocycles. The summed E-state index contributed by atoms with van der Waals surface area (Å²) in [6.07, 6.45) is 0.144. The molecule has 9 heteroatoms. The number of hydrogen-bond acceptors (Lipinski definition) is 6. The Labute approximate surface area is 207 Å². The van der Waals surface area contributed by atoms with Gasteiger partial charge in [0.05, 0.1) is 27.0 Å². The van der Waals surface area contributed by atoms with E-state index < -0.39 is 11.7 Å². The number of amides is 2. The third kappa shape index (κ3) is 5.35. The number of benzene rings is 3. The Bertz CT molecular complexity index is 1230. The Hall–Kier alpha value is -3.72. The van der Waals surface area contributed by atoms with Gasteiger partial charge < -0.3 is 24.4 Å². The number of fused-ring (bicyclic) bond motifs is 1. The molecule has 3 aromatic carbocycles. The molecule has 1 aliphatic heterocycles. The van der Waals surface area contributed by atoms with Crippen LogP contribution in [0.1, 0.15) is 17.2 Å². The number of ether oxygens (including phenoxy) is 3. The highest BCUT2D eigenvalue weighted by molar-refractivity contribution is 7.99. The molecular weight excluding hydrogens is 471 g/mol. The molecule has 1 N–H and O–H groups in total. The smallest absolute Gasteiger partial charge is 0.244 e. The average Bonchev–Trinajstić information content (AvgIpc) is 2.99. The number of carbonyl (C=O) groups is 2. The van der Waals surface area contributed by atoms with Gasteiger partial charge in [-0.15, -0.1) is 11.8 Å². The number of halogens is 1. The minimum absolute atomic E-state index is 0.144. The van der Waals surface area contributed by atoms with Gasteiger partial charge in [0.1, 0.15) is 12.4 Å². The van der Waals surface area contributed by atoms with E-state index in [0.717, 1.165) is 10.5 Å². The molecule has 35 heavy (non-hydrogen) atoms. The van der Waals surface area contributed by atoms with Crippen LogP contribution in [0.4, 0.5) is 15.8 Å². The Morgan fingerprint density at radius 3 is 2.40 bits per heavy atom. The molecule has 0 fully saturated rings. The summed E-state index contributed by atoms with van der Waals surface area (Å²) in [6.45, 7) is -0.200. The van der Waals surface area contributed by atoms with Crippen LogP contribution in [0.15, 0.2) is 65.6 Å². The van der Waals surface area contributed by atoms with Crippen LogP contribution >= 0.6 is 11.8 Å². The second kappa shape index (κ2) is 10.7. The SMILES string of the molecule is COc1cc([C@@H]2CC(=O)N(CC(=O)Nc3cccc(F)c3)c3ccccc3S2)cc(OC)c1OC. The third-order valence-electron chi connectivity index (χ3n) is 5.56. The predicted molar refractivity (Wildman–Crippen MR) is 133 cm³/mol. The Morgan fingerprint density at radius 1 is 1.03 bits per heavy atom. The van der Waals surface area contributed by atoms with Crippen molar-refractivity contribution in [2.75, 3.05) is 38.1 Å². The van der Waals surface area contributed by atoms with E-state index in [4.69, 9.17) is 14.2 Å². The number of anilines is 2. The molecule has 1 aliphatic rings. The highest BCUT2D eigenvalue weighted by Crippen LogP contribution is 2.49. The summed E-state index contributed by atoms with van der Waals surface area (Å²) in [7, 11) is 4.62. The van der Waals surface area contributed by atoms with Gasteiger partial charge in [0.15, 0.2) is 11.5 Å². The molecule has 1 atom stereocenters. The minimum atomic E-state index is -0.455. The number of rotatable bonds is 7. The van der Waals surface area contributed by atoms with Gasteiger partial charge in [-0.25, -0.2) is 4.39 Å². The summed E-state index contributed by atoms with van der Waals surface area (Å²) in [4.78, 5) is 28.5. The first-order chi connectivity index (χ1) is 16.9. The van der Waals surface area contributed by atoms with Crippen molar-refractivity contribution in [3.8, 4) is 17.2 Å². The van der Waals surface area contributed by atoms with Crippen LogP contribution in [-0.2, 0) is 9.59 Å². The zero-order valence-electron chi connectivity index (χ0n) is 19.5. The topological polar surface area (TPSA) is 77.1 Å². The van der Waals surface area contributed by atoms with Gasteiger partial charge in [-0.1, -0.05) is 18.2 Å². The number of nitrogens with one attached hydrogen (secondary N) is 1. The zero-order chi connectivity index (χ0) is 24.9. The molecule has 2 amide bonds. The van der Waals surface area contributed by atoms with E-state index >= 15 is 0 Å². The monoisotopic (exact) mass is 496 g/mol. The summed E-state index contributed by atoms with van der Waals surface area (Å²) < 4.78 is 29.9. The molecule has 3 aromatic rings. The molecule has 0 radical (unpaired) electrons. The van der Waals surface area contributed by atoms with Crippen molar-refractivity contribution < 1.29 is 28.2 Å². The standard InChI is InChI=1S/C26H25FN2O5S/c1-32-20-11-16(12-21(33-2)26(20)34-3)23-14-25(31)29(19-9-4-5-10-22(19)35-23)15-24(30)28-18-8-6-7-17(27)13-18/h4-13,23H,14-15H2,1-3H3,(H,28,30)/t23-/m0/s1. The summed E-state index contributed by atoms with van der Waals surface area (Å²) in [5.74, 6) is 0.381. The molecule has 182 valence electrons. The number of methoxy groups -OCH3 is 3. The third-order valence-corrected chi connectivity index (χ3v) is 6.88. The number of hydrogen-bond donors (Lipinski definition) is 1. The van der Waals surface area contributed by atoms with Crippen LogP contribution < -0.4 is 24.4 Å². The second-order valence-corrected chi connectivity index (χ2v) is 9.02. The largest absolute Gasteiger partial charge is 0.493 e. The first-order valence-corrected chi connectivity index (χ1v) is 11.7. The fourth-order valence-corrected chi connectivity index (χ4v) is 5.20. The lowest BCUT2D eigenvalue weighted by atomic mass is 10.1. The van der Waals surface area contributed by atoms with Crippen molar-refractivity contribution in [2.24, 2.45) is 0 Å². The summed E-state index contributed by atoms with van der Waals surface area (Å²) in [5, 5.41) is 2.41. The minimum Gasteiger partial charge on any atom is -0.493 e. The van der Waals surface area contributed by atoms with Crippen LogP contribution in [0.5, 0.6) is 17.2 Å². The normalized spacial score (nSPS) is 15.1. The van der Waals surface area contributed by atoms with Crippen LogP contribution in [-0.4, -0.2) is 39.7 Å². The van der Waals surface area contributed by atoms with E-state index in [-0.39, 0.29) is 24.1 Å². The van der Waals surface area contributed by atoms with E-state index in [9.17, 15) is 14.0 Å². The fraction of sp³-hybridized carbons (Fsp3) is 0.231. The van der Waals surface area contributed by atoms with Gasteiger partial charge >= 0.3 is 0 Å². The van der Waals surface area contributed by atoms with E-state index in [0.29, 0.717) is 28.6 Å². The van der Waals surface area contributed by atoms with Crippen LogP contribution in [0.25, 0.3) is 0 Å². The predicted octanol–water partition coefficient (Wildman–Crippen LogP) is 5.06. The van der Waals surface area contributed by atoms with Crippen molar-refractivity contribution in [1.82, 2.24) is 0 Å². The van der Waals surface area contributed by atoms with E-state index in [1.165, 1.54) is 42.0 Å². The van der Waals surface area contributed by atoms with Crippen molar-refractivity contribution in [3.05, 3.63) is 72.0 Å². The van der Waals surface area contributed by atoms with Gasteiger partial charge in [0, 0.05) is 22.3 Å². The molecule has 0 saturated heterocycles. The lowest BCUT2D eigenvalue weighted by Crippen LogP contribution is -2.38. The van der Waals surface area contributed by atoms with Crippen molar-refractivity contribution in [2.45, 2.75) is 16.6 Å². The lowest BCUT2D eigenvalue weighted by Gasteiger charge is -2.22. The van der Waals surface area contributed by atoms with Gasteiger partial charge in [-0.05, 0) is 48.0 Å². The van der Waals surface area contributed by atoms with Gasteiger partial charge in [0.25, 0.3) is 0 Å². The second-order valence-electron chi connectivity index (χ2n) is 7.78. The van der Waals surface area contributed by atoms with Crippen LogP contribution in [0.3, 0.4) is 0 Å². The highest BCUT2D eigenvalue weighted by Gasteiger charge is 2.31. The maximum atomic E-state index is 13.5. The molecule has 1 heterocycles. The number of nitrogens with zero attached hydrogens (tertiary/aromatic N) is 1. The number of carbonyl (C=O) groups excluding carboxylic acids is 2. The Morgan fingerprint density at radius 2 is 1.74 bits per heavy atom. The van der Waals surface area contributed by atoms with Gasteiger partial charge in [-0.3, -0.25) is 9.59 Å². The summed E-state index contributed by atoms with van der Waals surface area (Å²) in [5.41, 5.74) is 1.81. The first-order valence-electron chi connectivity index (χ1n) is 10.8. The fourth-order valence-electron chi connectivity index (χ4n) is 3.93. The molecule has 7 nitrogen and oxygen atoms in total. The van der Waals surface area contributed by atoms with Gasteiger partial charge in [-0.2, -0.15) is 0 Å². The van der Waals surface area contributed by atoms with Crippen LogP contribution in [0.2, 0.25) is 0 Å². The van der Waals surface area contributed by atoms with Crippen LogP contribution in [0, 0.1) is 5.82 Å². The molecule has 0 spiro atoms. The van der Waals surface area contributed by atoms with E-state index in [2.05, 4.69) is 5.32 Å². The van der Waals surface area contributed by atoms with Gasteiger partial charge in [0.2, 0.25) is 17.6 Å². The summed E-state index contributed by atoms with van der Waals surface area (Å²) >= 11 is 1.53. The highest BCUT2D eigenvalue weighted by atomic mass is 32.2. The Balaban J connectivity index is 1.63. The molecule has 0 saturated carbocycles. The molecular formula is C26H25FN2O5S. The molecule has 0 unspecified atom stereocenters. The number of thioether (sulfide) groups is 1. The van der Waals surface area contributed by atoms with Crippen molar-refractivity contribution >= 4 is 35.0 Å². The molecule has 0 aliphatic carbocycles. The quantitative estimate of drug-likeness (QED) is 0.493.